The molecular weight excluding hydrogens is 304 g/mol. The Labute approximate surface area is 132 Å². The van der Waals surface area contributed by atoms with Crippen LogP contribution < -0.4 is 10.5 Å². The molecule has 1 aromatic carbocycles. The van der Waals surface area contributed by atoms with Crippen molar-refractivity contribution in [2.45, 2.75) is 43.7 Å². The summed E-state index contributed by atoms with van der Waals surface area (Å²) in [4.78, 5) is 0.0992. The second-order valence-electron chi connectivity index (χ2n) is 5.13. The lowest BCUT2D eigenvalue weighted by Gasteiger charge is -2.20. The third kappa shape index (κ3) is 6.41. The molecule has 0 aliphatic carbocycles. The normalized spacial score (nSPS) is 14.7. The Morgan fingerprint density at radius 1 is 1.36 bits per heavy atom. The smallest absolute Gasteiger partial charge is 0.238 e. The van der Waals surface area contributed by atoms with Gasteiger partial charge in [0, 0.05) is 25.8 Å². The quantitative estimate of drug-likeness (QED) is 0.559. The molecule has 0 saturated heterocycles. The number of nitrogens with two attached hydrogens (primary N) is 1. The van der Waals surface area contributed by atoms with Gasteiger partial charge < -0.3 is 15.2 Å². The van der Waals surface area contributed by atoms with Crippen molar-refractivity contribution in [2.24, 2.45) is 5.14 Å². The van der Waals surface area contributed by atoms with Crippen molar-refractivity contribution < 1.29 is 18.3 Å². The zero-order chi connectivity index (χ0) is 16.6. The summed E-state index contributed by atoms with van der Waals surface area (Å²) in [5.74, 6) is 0. The Hall–Kier alpha value is -0.990. The van der Waals surface area contributed by atoms with E-state index in [1.54, 1.807) is 12.1 Å². The van der Waals surface area contributed by atoms with Crippen molar-refractivity contribution in [2.75, 3.05) is 19.8 Å². The first kappa shape index (κ1) is 19.1. The van der Waals surface area contributed by atoms with Gasteiger partial charge in [0.15, 0.2) is 0 Å². The van der Waals surface area contributed by atoms with Crippen LogP contribution in [0, 0.1) is 0 Å². The summed E-state index contributed by atoms with van der Waals surface area (Å²) >= 11 is 0. The molecule has 1 rings (SSSR count). The van der Waals surface area contributed by atoms with Crippen molar-refractivity contribution in [3.05, 3.63) is 29.8 Å². The Bertz CT molecular complexity index is 548. The second-order valence-corrected chi connectivity index (χ2v) is 6.69. The van der Waals surface area contributed by atoms with Gasteiger partial charge in [-0.2, -0.15) is 0 Å². The van der Waals surface area contributed by atoms with E-state index in [0.717, 1.165) is 12.0 Å². The number of aliphatic hydroxyl groups is 1. The molecule has 0 radical (unpaired) electrons. The SMILES string of the molecule is CCOCCC(O)CNC(CC)c1cccc(S(N)(=O)=O)c1. The number of benzene rings is 1. The van der Waals surface area contributed by atoms with Crippen LogP contribution in [0.4, 0.5) is 0 Å². The molecule has 0 aliphatic heterocycles. The van der Waals surface area contributed by atoms with Gasteiger partial charge in [0.1, 0.15) is 0 Å². The molecule has 0 fully saturated rings. The fraction of sp³-hybridized carbons (Fsp3) is 0.600. The summed E-state index contributed by atoms with van der Waals surface area (Å²) in [6.07, 6.45) is 0.836. The minimum Gasteiger partial charge on any atom is -0.392 e. The predicted molar refractivity (Wildman–Crippen MR) is 86.0 cm³/mol. The highest BCUT2D eigenvalue weighted by Gasteiger charge is 2.14. The van der Waals surface area contributed by atoms with Crippen LogP contribution in [-0.4, -0.2) is 39.4 Å². The van der Waals surface area contributed by atoms with Crippen LogP contribution in [0.1, 0.15) is 38.3 Å². The zero-order valence-electron chi connectivity index (χ0n) is 13.2. The van der Waals surface area contributed by atoms with Gasteiger partial charge in [-0.3, -0.25) is 0 Å². The van der Waals surface area contributed by atoms with Gasteiger partial charge in [-0.15, -0.1) is 0 Å². The highest BCUT2D eigenvalue weighted by atomic mass is 32.2. The monoisotopic (exact) mass is 330 g/mol. The summed E-state index contributed by atoms with van der Waals surface area (Å²) in [6.45, 7) is 5.49. The van der Waals surface area contributed by atoms with Gasteiger partial charge in [-0.1, -0.05) is 19.1 Å². The van der Waals surface area contributed by atoms with Crippen molar-refractivity contribution in [3.8, 4) is 0 Å². The first-order valence-electron chi connectivity index (χ1n) is 7.50. The molecule has 0 aromatic heterocycles. The molecule has 7 heteroatoms. The number of hydrogen-bond acceptors (Lipinski definition) is 5. The van der Waals surface area contributed by atoms with Gasteiger partial charge in [-0.25, -0.2) is 13.6 Å². The van der Waals surface area contributed by atoms with Crippen LogP contribution >= 0.6 is 0 Å². The van der Waals surface area contributed by atoms with E-state index in [9.17, 15) is 13.5 Å². The molecule has 0 saturated carbocycles. The predicted octanol–water partition coefficient (Wildman–Crippen LogP) is 1.16. The number of ether oxygens (including phenoxy) is 1. The maximum absolute atomic E-state index is 11.4. The number of rotatable bonds is 10. The van der Waals surface area contributed by atoms with E-state index in [1.165, 1.54) is 6.07 Å². The molecule has 2 atom stereocenters. The topological polar surface area (TPSA) is 102 Å². The third-order valence-electron chi connectivity index (χ3n) is 3.40. The maximum atomic E-state index is 11.4. The van der Waals surface area contributed by atoms with E-state index >= 15 is 0 Å². The molecule has 6 nitrogen and oxygen atoms in total. The Morgan fingerprint density at radius 2 is 2.09 bits per heavy atom. The summed E-state index contributed by atoms with van der Waals surface area (Å²) in [5.41, 5.74) is 0.839. The Kier molecular flexibility index (Phi) is 7.98. The molecule has 0 heterocycles. The maximum Gasteiger partial charge on any atom is 0.238 e. The molecule has 4 N–H and O–H groups in total. The molecule has 0 aliphatic rings. The summed E-state index contributed by atoms with van der Waals surface area (Å²) in [5, 5.41) is 18.3. The molecule has 0 spiro atoms. The molecule has 22 heavy (non-hydrogen) atoms. The van der Waals surface area contributed by atoms with Crippen LogP contribution in [0.25, 0.3) is 0 Å². The van der Waals surface area contributed by atoms with Gasteiger partial charge in [0.25, 0.3) is 0 Å². The van der Waals surface area contributed by atoms with Crippen molar-refractivity contribution in [1.29, 1.82) is 0 Å². The number of sulfonamides is 1. The minimum absolute atomic E-state index is 0.0385. The van der Waals surface area contributed by atoms with E-state index in [-0.39, 0.29) is 10.9 Å². The number of aliphatic hydroxyl groups excluding tert-OH is 1. The molecule has 126 valence electrons. The molecule has 2 unspecified atom stereocenters. The minimum atomic E-state index is -3.71. The summed E-state index contributed by atoms with van der Waals surface area (Å²) < 4.78 is 28.0. The highest BCUT2D eigenvalue weighted by molar-refractivity contribution is 7.89. The molecule has 0 amide bonds. The lowest BCUT2D eigenvalue weighted by molar-refractivity contribution is 0.0865. The number of hydrogen-bond donors (Lipinski definition) is 3. The molecule has 0 bridgehead atoms. The van der Waals surface area contributed by atoms with Crippen LogP contribution in [-0.2, 0) is 14.8 Å². The average Bonchev–Trinajstić information content (AvgIpc) is 2.47. The Morgan fingerprint density at radius 3 is 2.68 bits per heavy atom. The van der Waals surface area contributed by atoms with Gasteiger partial charge in [-0.05, 0) is 37.5 Å². The lowest BCUT2D eigenvalue weighted by atomic mass is 10.0. The third-order valence-corrected chi connectivity index (χ3v) is 4.31. The fourth-order valence-corrected chi connectivity index (χ4v) is 2.72. The highest BCUT2D eigenvalue weighted by Crippen LogP contribution is 2.19. The van der Waals surface area contributed by atoms with Gasteiger partial charge in [0.2, 0.25) is 10.0 Å². The van der Waals surface area contributed by atoms with Crippen molar-refractivity contribution in [3.63, 3.8) is 0 Å². The van der Waals surface area contributed by atoms with E-state index in [4.69, 9.17) is 9.88 Å². The standard InChI is InChI=1S/C15H26N2O4S/c1-3-15(17-11-13(18)8-9-21-4-2)12-6-5-7-14(10-12)22(16,19)20/h5-7,10,13,15,17-18H,3-4,8-9,11H2,1-2H3,(H2,16,19,20). The fourth-order valence-electron chi connectivity index (χ4n) is 2.15. The molecule has 1 aromatic rings. The second kappa shape index (κ2) is 9.22. The summed E-state index contributed by atoms with van der Waals surface area (Å²) in [6, 6.07) is 6.53. The van der Waals surface area contributed by atoms with Gasteiger partial charge >= 0.3 is 0 Å². The van der Waals surface area contributed by atoms with E-state index in [0.29, 0.717) is 26.2 Å². The number of primary sulfonamides is 1. The first-order valence-corrected chi connectivity index (χ1v) is 9.05. The average molecular weight is 330 g/mol. The summed E-state index contributed by atoms with van der Waals surface area (Å²) in [7, 11) is -3.71. The molecular formula is C15H26N2O4S. The van der Waals surface area contributed by atoms with E-state index in [1.807, 2.05) is 19.9 Å². The largest absolute Gasteiger partial charge is 0.392 e. The van der Waals surface area contributed by atoms with E-state index in [2.05, 4.69) is 5.32 Å². The van der Waals surface area contributed by atoms with Crippen molar-refractivity contribution >= 4 is 10.0 Å². The van der Waals surface area contributed by atoms with Gasteiger partial charge in [0.05, 0.1) is 11.0 Å². The van der Waals surface area contributed by atoms with Crippen LogP contribution in [0.3, 0.4) is 0 Å². The van der Waals surface area contributed by atoms with Crippen LogP contribution in [0.15, 0.2) is 29.2 Å². The Balaban J connectivity index is 2.64. The van der Waals surface area contributed by atoms with Crippen LogP contribution in [0.5, 0.6) is 0 Å². The van der Waals surface area contributed by atoms with Crippen LogP contribution in [0.2, 0.25) is 0 Å². The van der Waals surface area contributed by atoms with Crippen molar-refractivity contribution in [1.82, 2.24) is 5.32 Å². The van der Waals surface area contributed by atoms with E-state index < -0.39 is 16.1 Å². The zero-order valence-corrected chi connectivity index (χ0v) is 14.0. The number of nitrogens with one attached hydrogen (secondary N) is 1. The first-order chi connectivity index (χ1) is 10.4. The lowest BCUT2D eigenvalue weighted by Crippen LogP contribution is -2.31.